The Morgan fingerprint density at radius 2 is 1.74 bits per heavy atom. The third-order valence-corrected chi connectivity index (χ3v) is 2.47. The summed E-state index contributed by atoms with van der Waals surface area (Å²) >= 11 is 0. The van der Waals surface area contributed by atoms with Gasteiger partial charge in [-0.2, -0.15) is 0 Å². The lowest BCUT2D eigenvalue weighted by Gasteiger charge is -2.14. The van der Waals surface area contributed by atoms with E-state index in [-0.39, 0.29) is 0 Å². The summed E-state index contributed by atoms with van der Waals surface area (Å²) in [7, 11) is 4.72. The molecule has 0 heterocycles. The molecule has 0 saturated heterocycles. The molecule has 0 aliphatic heterocycles. The Kier molecular flexibility index (Phi) is 6.60. The molecule has 0 amide bonds. The van der Waals surface area contributed by atoms with Crippen LogP contribution in [-0.4, -0.2) is 41.0 Å². The fraction of sp³-hybridized carbons (Fsp3) is 0.429. The number of benzene rings is 1. The number of methoxy groups -OCH3 is 3. The summed E-state index contributed by atoms with van der Waals surface area (Å²) in [4.78, 5) is 0. The SMILES string of the molecule is C=CCNCCOc1cc(OC)c(OC)c(OC)c1. The molecule has 0 radical (unpaired) electrons. The average molecular weight is 267 g/mol. The summed E-state index contributed by atoms with van der Waals surface area (Å²) in [6.07, 6.45) is 1.80. The zero-order valence-electron chi connectivity index (χ0n) is 11.7. The van der Waals surface area contributed by atoms with Crippen molar-refractivity contribution in [3.05, 3.63) is 24.8 Å². The molecule has 1 rings (SSSR count). The highest BCUT2D eigenvalue weighted by Gasteiger charge is 2.13. The van der Waals surface area contributed by atoms with Crippen LogP contribution in [0.25, 0.3) is 0 Å². The van der Waals surface area contributed by atoms with Gasteiger partial charge in [0.2, 0.25) is 5.75 Å². The summed E-state index contributed by atoms with van der Waals surface area (Å²) in [6.45, 7) is 5.68. The van der Waals surface area contributed by atoms with Gasteiger partial charge >= 0.3 is 0 Å². The quantitative estimate of drug-likeness (QED) is 0.547. The number of rotatable bonds is 9. The molecule has 0 atom stereocenters. The van der Waals surface area contributed by atoms with Crippen molar-refractivity contribution in [2.24, 2.45) is 0 Å². The molecule has 0 bridgehead atoms. The first kappa shape index (κ1) is 15.2. The Hall–Kier alpha value is -1.88. The van der Waals surface area contributed by atoms with E-state index in [1.807, 2.05) is 0 Å². The monoisotopic (exact) mass is 267 g/mol. The van der Waals surface area contributed by atoms with Gasteiger partial charge in [0, 0.05) is 25.2 Å². The largest absolute Gasteiger partial charge is 0.493 e. The van der Waals surface area contributed by atoms with Gasteiger partial charge in [0.25, 0.3) is 0 Å². The van der Waals surface area contributed by atoms with Crippen molar-refractivity contribution in [2.45, 2.75) is 0 Å². The van der Waals surface area contributed by atoms with E-state index in [0.29, 0.717) is 29.6 Å². The van der Waals surface area contributed by atoms with E-state index in [4.69, 9.17) is 18.9 Å². The third-order valence-electron chi connectivity index (χ3n) is 2.47. The summed E-state index contributed by atoms with van der Waals surface area (Å²) < 4.78 is 21.4. The van der Waals surface area contributed by atoms with Crippen LogP contribution in [0.3, 0.4) is 0 Å². The maximum absolute atomic E-state index is 5.62. The molecule has 0 aromatic heterocycles. The lowest BCUT2D eigenvalue weighted by atomic mass is 10.2. The van der Waals surface area contributed by atoms with Crippen LogP contribution in [0, 0.1) is 0 Å². The van der Waals surface area contributed by atoms with E-state index in [2.05, 4.69) is 11.9 Å². The molecule has 0 saturated carbocycles. The lowest BCUT2D eigenvalue weighted by Crippen LogP contribution is -2.20. The molecular formula is C14H21NO4. The fourth-order valence-electron chi connectivity index (χ4n) is 1.59. The van der Waals surface area contributed by atoms with Gasteiger partial charge in [0.05, 0.1) is 21.3 Å². The molecule has 106 valence electrons. The third kappa shape index (κ3) is 4.37. The normalized spacial score (nSPS) is 9.84. The molecule has 1 aromatic carbocycles. The fourth-order valence-corrected chi connectivity index (χ4v) is 1.59. The van der Waals surface area contributed by atoms with Crippen LogP contribution in [0.5, 0.6) is 23.0 Å². The van der Waals surface area contributed by atoms with Crippen molar-refractivity contribution in [1.29, 1.82) is 0 Å². The minimum Gasteiger partial charge on any atom is -0.493 e. The van der Waals surface area contributed by atoms with Crippen molar-refractivity contribution in [3.63, 3.8) is 0 Å². The first-order chi connectivity index (χ1) is 9.26. The van der Waals surface area contributed by atoms with E-state index >= 15 is 0 Å². The van der Waals surface area contributed by atoms with Crippen LogP contribution >= 0.6 is 0 Å². The van der Waals surface area contributed by atoms with Crippen LogP contribution in [0.15, 0.2) is 24.8 Å². The molecule has 19 heavy (non-hydrogen) atoms. The Bertz CT molecular complexity index is 381. The molecule has 0 spiro atoms. The van der Waals surface area contributed by atoms with Gasteiger partial charge in [-0.15, -0.1) is 6.58 Å². The van der Waals surface area contributed by atoms with Crippen molar-refractivity contribution in [2.75, 3.05) is 41.0 Å². The highest BCUT2D eigenvalue weighted by molar-refractivity contribution is 5.55. The number of hydrogen-bond donors (Lipinski definition) is 1. The van der Waals surface area contributed by atoms with Crippen molar-refractivity contribution >= 4 is 0 Å². The van der Waals surface area contributed by atoms with E-state index in [0.717, 1.165) is 13.1 Å². The zero-order chi connectivity index (χ0) is 14.1. The lowest BCUT2D eigenvalue weighted by molar-refractivity contribution is 0.298. The topological polar surface area (TPSA) is 49.0 Å². The number of hydrogen-bond acceptors (Lipinski definition) is 5. The summed E-state index contributed by atoms with van der Waals surface area (Å²) in [6, 6.07) is 3.55. The van der Waals surface area contributed by atoms with Crippen LogP contribution in [-0.2, 0) is 0 Å². The smallest absolute Gasteiger partial charge is 0.203 e. The number of ether oxygens (including phenoxy) is 4. The van der Waals surface area contributed by atoms with Crippen LogP contribution in [0.1, 0.15) is 0 Å². The minimum absolute atomic E-state index is 0.548. The Morgan fingerprint density at radius 1 is 1.11 bits per heavy atom. The Balaban J connectivity index is 2.70. The summed E-state index contributed by atoms with van der Waals surface area (Å²) in [5, 5.41) is 3.15. The minimum atomic E-state index is 0.548. The van der Waals surface area contributed by atoms with Gasteiger partial charge in [-0.25, -0.2) is 0 Å². The van der Waals surface area contributed by atoms with Gasteiger partial charge in [0.1, 0.15) is 12.4 Å². The van der Waals surface area contributed by atoms with Crippen molar-refractivity contribution in [1.82, 2.24) is 5.32 Å². The molecule has 0 aliphatic rings. The Labute approximate surface area is 114 Å². The molecule has 0 aliphatic carbocycles. The first-order valence-corrected chi connectivity index (χ1v) is 6.01. The average Bonchev–Trinajstić information content (AvgIpc) is 2.45. The highest BCUT2D eigenvalue weighted by Crippen LogP contribution is 2.40. The number of nitrogens with one attached hydrogen (secondary N) is 1. The maximum Gasteiger partial charge on any atom is 0.203 e. The second-order valence-electron chi connectivity index (χ2n) is 3.70. The molecule has 1 N–H and O–H groups in total. The second kappa shape index (κ2) is 8.26. The van der Waals surface area contributed by atoms with Crippen LogP contribution in [0.2, 0.25) is 0 Å². The molecule has 5 nitrogen and oxygen atoms in total. The standard InChI is InChI=1S/C14H21NO4/c1-5-6-15-7-8-19-11-9-12(16-2)14(18-4)13(10-11)17-3/h5,9-10,15H,1,6-8H2,2-4H3. The van der Waals surface area contributed by atoms with Gasteiger partial charge < -0.3 is 24.3 Å². The molecule has 5 heteroatoms. The van der Waals surface area contributed by atoms with Gasteiger partial charge in [-0.3, -0.25) is 0 Å². The van der Waals surface area contributed by atoms with Gasteiger partial charge in [-0.1, -0.05) is 6.08 Å². The predicted octanol–water partition coefficient (Wildman–Crippen LogP) is 1.87. The van der Waals surface area contributed by atoms with E-state index in [1.54, 1.807) is 39.5 Å². The second-order valence-corrected chi connectivity index (χ2v) is 3.70. The van der Waals surface area contributed by atoms with E-state index in [1.165, 1.54) is 0 Å². The highest BCUT2D eigenvalue weighted by atomic mass is 16.5. The Morgan fingerprint density at radius 3 is 2.21 bits per heavy atom. The summed E-state index contributed by atoms with van der Waals surface area (Å²) in [5.41, 5.74) is 0. The zero-order valence-corrected chi connectivity index (χ0v) is 11.7. The van der Waals surface area contributed by atoms with Crippen molar-refractivity contribution < 1.29 is 18.9 Å². The first-order valence-electron chi connectivity index (χ1n) is 6.01. The predicted molar refractivity (Wildman–Crippen MR) is 74.7 cm³/mol. The molecular weight excluding hydrogens is 246 g/mol. The van der Waals surface area contributed by atoms with Crippen LogP contribution < -0.4 is 24.3 Å². The van der Waals surface area contributed by atoms with Gasteiger partial charge in [0.15, 0.2) is 11.5 Å². The van der Waals surface area contributed by atoms with E-state index < -0.39 is 0 Å². The molecule has 1 aromatic rings. The van der Waals surface area contributed by atoms with Gasteiger partial charge in [-0.05, 0) is 0 Å². The van der Waals surface area contributed by atoms with Crippen molar-refractivity contribution in [3.8, 4) is 23.0 Å². The molecule has 0 fully saturated rings. The van der Waals surface area contributed by atoms with E-state index in [9.17, 15) is 0 Å². The van der Waals surface area contributed by atoms with Crippen LogP contribution in [0.4, 0.5) is 0 Å². The molecule has 0 unspecified atom stereocenters. The summed E-state index contributed by atoms with van der Waals surface area (Å²) in [5.74, 6) is 2.39. The maximum atomic E-state index is 5.62.